The SMILES string of the molecule is O=C(COc1ccccc1-c1ccccc1)Nc1nc(-c2ccc3c(c2)OCO3)cs1. The Labute approximate surface area is 183 Å². The molecule has 1 N–H and O–H groups in total. The maximum Gasteiger partial charge on any atom is 0.264 e. The third-order valence-corrected chi connectivity index (χ3v) is 5.51. The second-order valence-electron chi connectivity index (χ2n) is 6.80. The number of fused-ring (bicyclic) bond motifs is 1. The van der Waals surface area contributed by atoms with Crippen molar-refractivity contribution in [2.45, 2.75) is 0 Å². The molecule has 0 saturated carbocycles. The summed E-state index contributed by atoms with van der Waals surface area (Å²) in [5, 5.41) is 5.20. The Morgan fingerprint density at radius 1 is 0.968 bits per heavy atom. The molecule has 0 saturated heterocycles. The van der Waals surface area contributed by atoms with Gasteiger partial charge in [0.05, 0.1) is 5.69 Å². The van der Waals surface area contributed by atoms with Crippen LogP contribution in [0.15, 0.2) is 78.2 Å². The van der Waals surface area contributed by atoms with Crippen LogP contribution in [0.2, 0.25) is 0 Å². The lowest BCUT2D eigenvalue weighted by Crippen LogP contribution is -2.20. The number of carbonyl (C=O) groups is 1. The Hall–Kier alpha value is -3.84. The van der Waals surface area contributed by atoms with Crippen LogP contribution < -0.4 is 19.5 Å². The van der Waals surface area contributed by atoms with E-state index in [4.69, 9.17) is 14.2 Å². The first kappa shape index (κ1) is 19.1. The minimum Gasteiger partial charge on any atom is -0.483 e. The first-order valence-corrected chi connectivity index (χ1v) is 10.6. The molecular formula is C24H18N2O4S. The van der Waals surface area contributed by atoms with Crippen LogP contribution in [-0.4, -0.2) is 24.3 Å². The predicted octanol–water partition coefficient (Wildman–Crippen LogP) is 5.22. The maximum atomic E-state index is 12.4. The molecule has 3 aromatic carbocycles. The molecule has 154 valence electrons. The predicted molar refractivity (Wildman–Crippen MR) is 120 cm³/mol. The van der Waals surface area contributed by atoms with Crippen molar-refractivity contribution in [1.82, 2.24) is 4.98 Å². The number of rotatable bonds is 6. The van der Waals surface area contributed by atoms with E-state index in [0.717, 1.165) is 28.1 Å². The van der Waals surface area contributed by atoms with Gasteiger partial charge in [0.15, 0.2) is 23.2 Å². The van der Waals surface area contributed by atoms with Crippen molar-refractivity contribution < 1.29 is 19.0 Å². The number of anilines is 1. The van der Waals surface area contributed by atoms with E-state index >= 15 is 0 Å². The maximum absolute atomic E-state index is 12.4. The highest BCUT2D eigenvalue weighted by Gasteiger charge is 2.16. The number of amides is 1. The highest BCUT2D eigenvalue weighted by Crippen LogP contribution is 2.36. The zero-order valence-electron chi connectivity index (χ0n) is 16.4. The zero-order chi connectivity index (χ0) is 21.0. The van der Waals surface area contributed by atoms with Crippen LogP contribution >= 0.6 is 11.3 Å². The van der Waals surface area contributed by atoms with Gasteiger partial charge in [-0.25, -0.2) is 4.98 Å². The Kier molecular flexibility index (Phi) is 5.24. The van der Waals surface area contributed by atoms with Crippen LogP contribution in [0.4, 0.5) is 5.13 Å². The summed E-state index contributed by atoms with van der Waals surface area (Å²) in [6.45, 7) is 0.118. The molecule has 0 bridgehead atoms. The van der Waals surface area contributed by atoms with E-state index in [1.165, 1.54) is 11.3 Å². The standard InChI is InChI=1S/C24H18N2O4S/c27-23(13-28-20-9-5-4-8-18(20)16-6-2-1-3-7-16)26-24-25-19(14-31-24)17-10-11-21-22(12-17)30-15-29-21/h1-12,14H,13,15H2,(H,25,26,27). The lowest BCUT2D eigenvalue weighted by atomic mass is 10.1. The van der Waals surface area contributed by atoms with E-state index < -0.39 is 0 Å². The fourth-order valence-electron chi connectivity index (χ4n) is 3.27. The number of carbonyl (C=O) groups excluding carboxylic acids is 1. The average Bonchev–Trinajstić information content (AvgIpc) is 3.47. The van der Waals surface area contributed by atoms with Gasteiger partial charge >= 0.3 is 0 Å². The number of hydrogen-bond acceptors (Lipinski definition) is 6. The van der Waals surface area contributed by atoms with Crippen LogP contribution in [0.5, 0.6) is 17.2 Å². The normalized spacial score (nSPS) is 11.9. The van der Waals surface area contributed by atoms with Gasteiger partial charge in [0.2, 0.25) is 6.79 Å². The summed E-state index contributed by atoms with van der Waals surface area (Å²) < 4.78 is 16.6. The minimum absolute atomic E-state index is 0.108. The van der Waals surface area contributed by atoms with E-state index in [1.54, 1.807) is 0 Å². The molecule has 2 heterocycles. The molecule has 1 aromatic heterocycles. The molecular weight excluding hydrogens is 412 g/mol. The third-order valence-electron chi connectivity index (χ3n) is 4.75. The summed E-state index contributed by atoms with van der Waals surface area (Å²) >= 11 is 1.36. The highest BCUT2D eigenvalue weighted by atomic mass is 32.1. The van der Waals surface area contributed by atoms with Crippen molar-refractivity contribution in [3.8, 4) is 39.6 Å². The van der Waals surface area contributed by atoms with E-state index in [-0.39, 0.29) is 19.3 Å². The van der Waals surface area contributed by atoms with Crippen LogP contribution in [-0.2, 0) is 4.79 Å². The number of nitrogens with one attached hydrogen (secondary N) is 1. The molecule has 31 heavy (non-hydrogen) atoms. The third kappa shape index (κ3) is 4.22. The molecule has 0 atom stereocenters. The summed E-state index contributed by atoms with van der Waals surface area (Å²) in [5.74, 6) is 1.81. The fraction of sp³-hybridized carbons (Fsp3) is 0.0833. The Morgan fingerprint density at radius 3 is 2.68 bits per heavy atom. The van der Waals surface area contributed by atoms with Crippen molar-refractivity contribution >= 4 is 22.4 Å². The largest absolute Gasteiger partial charge is 0.483 e. The Bertz CT molecular complexity index is 1220. The molecule has 6 nitrogen and oxygen atoms in total. The van der Waals surface area contributed by atoms with Gasteiger partial charge in [-0.2, -0.15) is 0 Å². The minimum atomic E-state index is -0.269. The van der Waals surface area contributed by atoms with Gasteiger partial charge in [0, 0.05) is 16.5 Å². The second kappa shape index (κ2) is 8.49. The van der Waals surface area contributed by atoms with E-state index in [9.17, 15) is 4.79 Å². The zero-order valence-corrected chi connectivity index (χ0v) is 17.2. The van der Waals surface area contributed by atoms with Gasteiger partial charge in [-0.05, 0) is 29.8 Å². The van der Waals surface area contributed by atoms with Crippen LogP contribution in [0.25, 0.3) is 22.4 Å². The molecule has 0 radical (unpaired) electrons. The number of hydrogen-bond donors (Lipinski definition) is 1. The second-order valence-corrected chi connectivity index (χ2v) is 7.66. The Morgan fingerprint density at radius 2 is 1.77 bits per heavy atom. The van der Waals surface area contributed by atoms with Crippen LogP contribution in [0.1, 0.15) is 0 Å². The number of thiazole rings is 1. The summed E-state index contributed by atoms with van der Waals surface area (Å²) in [7, 11) is 0. The van der Waals surface area contributed by atoms with E-state index in [0.29, 0.717) is 16.6 Å². The van der Waals surface area contributed by atoms with Gasteiger partial charge < -0.3 is 14.2 Å². The molecule has 7 heteroatoms. The topological polar surface area (TPSA) is 69.7 Å². The molecule has 4 aromatic rings. The van der Waals surface area contributed by atoms with Crippen molar-refractivity contribution in [2.24, 2.45) is 0 Å². The van der Waals surface area contributed by atoms with Gasteiger partial charge in [0.25, 0.3) is 5.91 Å². The first-order chi connectivity index (χ1) is 15.3. The van der Waals surface area contributed by atoms with Crippen LogP contribution in [0.3, 0.4) is 0 Å². The van der Waals surface area contributed by atoms with E-state index in [2.05, 4.69) is 10.3 Å². The smallest absolute Gasteiger partial charge is 0.264 e. The van der Waals surface area contributed by atoms with Crippen molar-refractivity contribution in [1.29, 1.82) is 0 Å². The molecule has 0 spiro atoms. The lowest BCUT2D eigenvalue weighted by Gasteiger charge is -2.11. The monoisotopic (exact) mass is 430 g/mol. The van der Waals surface area contributed by atoms with Gasteiger partial charge in [-0.3, -0.25) is 10.1 Å². The molecule has 1 aliphatic heterocycles. The fourth-order valence-corrected chi connectivity index (χ4v) is 4.00. The number of para-hydroxylation sites is 1. The number of ether oxygens (including phenoxy) is 3. The molecule has 0 aliphatic carbocycles. The van der Waals surface area contributed by atoms with Gasteiger partial charge in [0.1, 0.15) is 5.75 Å². The average molecular weight is 430 g/mol. The molecule has 0 fully saturated rings. The summed E-state index contributed by atoms with van der Waals surface area (Å²) in [4.78, 5) is 16.9. The molecule has 0 unspecified atom stereocenters. The Balaban J connectivity index is 1.24. The summed E-state index contributed by atoms with van der Waals surface area (Å²) in [5.41, 5.74) is 3.63. The summed E-state index contributed by atoms with van der Waals surface area (Å²) in [6.07, 6.45) is 0. The first-order valence-electron chi connectivity index (χ1n) is 9.69. The van der Waals surface area contributed by atoms with Gasteiger partial charge in [-0.15, -0.1) is 11.3 Å². The van der Waals surface area contributed by atoms with E-state index in [1.807, 2.05) is 78.2 Å². The van der Waals surface area contributed by atoms with Gasteiger partial charge in [-0.1, -0.05) is 48.5 Å². The lowest BCUT2D eigenvalue weighted by molar-refractivity contribution is -0.118. The van der Waals surface area contributed by atoms with Crippen molar-refractivity contribution in [3.05, 3.63) is 78.2 Å². The highest BCUT2D eigenvalue weighted by molar-refractivity contribution is 7.14. The van der Waals surface area contributed by atoms with Crippen LogP contribution in [0, 0.1) is 0 Å². The van der Waals surface area contributed by atoms with Crippen molar-refractivity contribution in [2.75, 3.05) is 18.7 Å². The van der Waals surface area contributed by atoms with Crippen molar-refractivity contribution in [3.63, 3.8) is 0 Å². The number of nitrogens with zero attached hydrogens (tertiary/aromatic N) is 1. The number of aromatic nitrogens is 1. The number of benzene rings is 3. The molecule has 1 aliphatic rings. The molecule has 5 rings (SSSR count). The summed E-state index contributed by atoms with van der Waals surface area (Å²) in [6, 6.07) is 23.2. The molecule has 1 amide bonds. The quantitative estimate of drug-likeness (QED) is 0.454.